The summed E-state index contributed by atoms with van der Waals surface area (Å²) in [7, 11) is 0. The molecular formula is C13H20N2O2. The molecule has 4 nitrogen and oxygen atoms in total. The van der Waals surface area contributed by atoms with Crippen LogP contribution in [0.2, 0.25) is 0 Å². The first-order chi connectivity index (χ1) is 8.29. The molecule has 0 radical (unpaired) electrons. The van der Waals surface area contributed by atoms with Gasteiger partial charge in [0.2, 0.25) is 0 Å². The van der Waals surface area contributed by atoms with Crippen LogP contribution in [0.4, 0.5) is 0 Å². The molecule has 1 N–H and O–H groups in total. The van der Waals surface area contributed by atoms with Crippen LogP contribution in [-0.4, -0.2) is 30.8 Å². The number of nitrogens with zero attached hydrogens (tertiary/aromatic N) is 1. The van der Waals surface area contributed by atoms with Crippen LogP contribution < -0.4 is 10.1 Å². The maximum Gasteiger partial charge on any atom is 0.138 e. The van der Waals surface area contributed by atoms with Gasteiger partial charge in [0.15, 0.2) is 0 Å². The van der Waals surface area contributed by atoms with Crippen LogP contribution in [0.25, 0.3) is 0 Å². The third-order valence-corrected chi connectivity index (χ3v) is 2.90. The van der Waals surface area contributed by atoms with Crippen LogP contribution in [0.3, 0.4) is 0 Å². The Morgan fingerprint density at radius 3 is 3.06 bits per heavy atom. The van der Waals surface area contributed by atoms with Gasteiger partial charge in [-0.15, -0.1) is 0 Å². The molecular weight excluding hydrogens is 216 g/mol. The Labute approximate surface area is 102 Å². The smallest absolute Gasteiger partial charge is 0.138 e. The summed E-state index contributed by atoms with van der Waals surface area (Å²) in [4.78, 5) is 4.41. The van der Waals surface area contributed by atoms with E-state index in [9.17, 15) is 0 Å². The second kappa shape index (κ2) is 5.98. The summed E-state index contributed by atoms with van der Waals surface area (Å²) in [5.74, 6) is 0.827. The Hall–Kier alpha value is -1.13. The zero-order valence-corrected chi connectivity index (χ0v) is 10.5. The minimum atomic E-state index is 0.189. The van der Waals surface area contributed by atoms with Crippen LogP contribution in [-0.2, 0) is 4.74 Å². The van der Waals surface area contributed by atoms with Crippen molar-refractivity contribution in [2.75, 3.05) is 19.8 Å². The molecule has 0 amide bonds. The third kappa shape index (κ3) is 3.41. The molecule has 2 rings (SSSR count). The molecule has 1 saturated heterocycles. The van der Waals surface area contributed by atoms with Crippen molar-refractivity contribution in [3.05, 3.63) is 24.0 Å². The molecule has 1 aliphatic heterocycles. The highest BCUT2D eigenvalue weighted by Crippen LogP contribution is 2.18. The van der Waals surface area contributed by atoms with Gasteiger partial charge in [-0.1, -0.05) is 6.92 Å². The van der Waals surface area contributed by atoms with Crippen molar-refractivity contribution < 1.29 is 9.47 Å². The average molecular weight is 236 g/mol. The van der Waals surface area contributed by atoms with Crippen LogP contribution in [0.5, 0.6) is 5.75 Å². The number of ether oxygens (including phenoxy) is 2. The highest BCUT2D eigenvalue weighted by Gasteiger charge is 2.17. The first-order valence-electron chi connectivity index (χ1n) is 6.23. The van der Waals surface area contributed by atoms with Crippen molar-refractivity contribution in [2.24, 2.45) is 0 Å². The molecule has 0 bridgehead atoms. The molecule has 0 saturated carbocycles. The van der Waals surface area contributed by atoms with E-state index in [-0.39, 0.29) is 12.1 Å². The summed E-state index contributed by atoms with van der Waals surface area (Å²) in [5.41, 5.74) is 1.04. The van der Waals surface area contributed by atoms with E-state index in [1.807, 2.05) is 12.1 Å². The maximum atomic E-state index is 5.76. The molecule has 2 heterocycles. The Morgan fingerprint density at radius 2 is 2.47 bits per heavy atom. The Morgan fingerprint density at radius 1 is 1.59 bits per heavy atom. The molecule has 0 spiro atoms. The Balaban J connectivity index is 1.92. The number of rotatable bonds is 5. The Bertz CT molecular complexity index is 334. The number of aromatic nitrogens is 1. The zero-order valence-electron chi connectivity index (χ0n) is 10.5. The fourth-order valence-electron chi connectivity index (χ4n) is 1.93. The van der Waals surface area contributed by atoms with Gasteiger partial charge in [-0.05, 0) is 25.6 Å². The van der Waals surface area contributed by atoms with Crippen molar-refractivity contribution in [1.29, 1.82) is 0 Å². The molecule has 2 atom stereocenters. The lowest BCUT2D eigenvalue weighted by atomic mass is 10.2. The molecule has 1 aromatic rings. The van der Waals surface area contributed by atoms with Crippen molar-refractivity contribution in [3.63, 3.8) is 0 Å². The summed E-state index contributed by atoms with van der Waals surface area (Å²) in [6, 6.07) is 4.27. The molecule has 17 heavy (non-hydrogen) atoms. The van der Waals surface area contributed by atoms with Gasteiger partial charge >= 0.3 is 0 Å². The van der Waals surface area contributed by atoms with Gasteiger partial charge in [0, 0.05) is 12.5 Å². The fraction of sp³-hybridized carbons (Fsp3) is 0.615. The SMILES string of the molecule is CCNC(C)c1ccc(OC2CCOC2)cn1. The second-order valence-electron chi connectivity index (χ2n) is 4.30. The van der Waals surface area contributed by atoms with Gasteiger partial charge in [-0.25, -0.2) is 0 Å². The monoisotopic (exact) mass is 236 g/mol. The van der Waals surface area contributed by atoms with Crippen LogP contribution in [0.1, 0.15) is 32.0 Å². The standard InChI is InChI=1S/C13H20N2O2/c1-3-14-10(2)13-5-4-11(8-15-13)17-12-6-7-16-9-12/h4-5,8,10,12,14H,3,6-7,9H2,1-2H3. The zero-order chi connectivity index (χ0) is 12.1. The van der Waals surface area contributed by atoms with E-state index in [0.717, 1.165) is 31.0 Å². The normalized spacial score (nSPS) is 21.4. The van der Waals surface area contributed by atoms with Gasteiger partial charge in [0.1, 0.15) is 11.9 Å². The molecule has 1 aromatic heterocycles. The van der Waals surface area contributed by atoms with Gasteiger partial charge in [0.05, 0.1) is 25.1 Å². The summed E-state index contributed by atoms with van der Waals surface area (Å²) in [6.45, 7) is 6.63. The molecule has 1 aliphatic rings. The number of nitrogens with one attached hydrogen (secondary N) is 1. The average Bonchev–Trinajstić information content (AvgIpc) is 2.83. The number of hydrogen-bond acceptors (Lipinski definition) is 4. The predicted octanol–water partition coefficient (Wildman–Crippen LogP) is 1.92. The van der Waals surface area contributed by atoms with Gasteiger partial charge in [0.25, 0.3) is 0 Å². The van der Waals surface area contributed by atoms with Crippen molar-refractivity contribution >= 4 is 0 Å². The van der Waals surface area contributed by atoms with E-state index in [2.05, 4.69) is 24.1 Å². The van der Waals surface area contributed by atoms with E-state index in [1.165, 1.54) is 0 Å². The minimum Gasteiger partial charge on any atom is -0.486 e. The second-order valence-corrected chi connectivity index (χ2v) is 4.30. The third-order valence-electron chi connectivity index (χ3n) is 2.90. The van der Waals surface area contributed by atoms with E-state index in [4.69, 9.17) is 9.47 Å². The molecule has 0 aliphatic carbocycles. The van der Waals surface area contributed by atoms with Crippen LogP contribution >= 0.6 is 0 Å². The topological polar surface area (TPSA) is 43.4 Å². The summed E-state index contributed by atoms with van der Waals surface area (Å²) >= 11 is 0. The number of hydrogen-bond donors (Lipinski definition) is 1. The molecule has 0 aromatic carbocycles. The van der Waals surface area contributed by atoms with E-state index in [1.54, 1.807) is 6.20 Å². The van der Waals surface area contributed by atoms with E-state index < -0.39 is 0 Å². The van der Waals surface area contributed by atoms with Gasteiger partial charge in [-0.2, -0.15) is 0 Å². The quantitative estimate of drug-likeness (QED) is 0.848. The fourth-order valence-corrected chi connectivity index (χ4v) is 1.93. The van der Waals surface area contributed by atoms with Crippen molar-refractivity contribution in [3.8, 4) is 5.75 Å². The number of pyridine rings is 1. The van der Waals surface area contributed by atoms with Crippen molar-refractivity contribution in [2.45, 2.75) is 32.4 Å². The molecule has 2 unspecified atom stereocenters. The first kappa shape index (κ1) is 12.3. The highest BCUT2D eigenvalue weighted by atomic mass is 16.5. The van der Waals surface area contributed by atoms with Gasteiger partial charge in [-0.3, -0.25) is 4.98 Å². The van der Waals surface area contributed by atoms with Gasteiger partial charge < -0.3 is 14.8 Å². The summed E-state index contributed by atoms with van der Waals surface area (Å²) in [5, 5.41) is 3.33. The molecule has 4 heteroatoms. The Kier molecular flexibility index (Phi) is 4.34. The highest BCUT2D eigenvalue weighted by molar-refractivity contribution is 5.21. The largest absolute Gasteiger partial charge is 0.486 e. The first-order valence-corrected chi connectivity index (χ1v) is 6.23. The summed E-state index contributed by atoms with van der Waals surface area (Å²) in [6.07, 6.45) is 2.95. The predicted molar refractivity (Wildman–Crippen MR) is 66.2 cm³/mol. The summed E-state index contributed by atoms with van der Waals surface area (Å²) < 4.78 is 11.0. The minimum absolute atomic E-state index is 0.189. The lowest BCUT2D eigenvalue weighted by Crippen LogP contribution is -2.19. The van der Waals surface area contributed by atoms with Crippen LogP contribution in [0.15, 0.2) is 18.3 Å². The molecule has 1 fully saturated rings. The lowest BCUT2D eigenvalue weighted by Gasteiger charge is -2.14. The van der Waals surface area contributed by atoms with Crippen molar-refractivity contribution in [1.82, 2.24) is 10.3 Å². The van der Waals surface area contributed by atoms with E-state index >= 15 is 0 Å². The van der Waals surface area contributed by atoms with Crippen LogP contribution in [0, 0.1) is 0 Å². The maximum absolute atomic E-state index is 5.76. The van der Waals surface area contributed by atoms with E-state index in [0.29, 0.717) is 6.61 Å². The molecule has 94 valence electrons. The lowest BCUT2D eigenvalue weighted by molar-refractivity contribution is 0.141.